The molecule has 1 saturated carbocycles. The van der Waals surface area contributed by atoms with Crippen molar-refractivity contribution in [2.75, 3.05) is 0 Å². The Hall–Kier alpha value is -0.410. The monoisotopic (exact) mass is 210 g/mol. The van der Waals surface area contributed by atoms with Crippen molar-refractivity contribution in [1.82, 2.24) is 4.98 Å². The molecule has 0 aliphatic heterocycles. The largest absolute Gasteiger partial charge is 0.326 e. The van der Waals surface area contributed by atoms with Crippen molar-refractivity contribution >= 4 is 11.3 Å². The maximum atomic E-state index is 5.61. The van der Waals surface area contributed by atoms with Gasteiger partial charge in [-0.1, -0.05) is 26.2 Å². The van der Waals surface area contributed by atoms with Crippen molar-refractivity contribution in [1.29, 1.82) is 0 Å². The molecule has 2 rings (SSSR count). The molecule has 1 aromatic rings. The number of nitrogens with zero attached hydrogens (tertiary/aromatic N) is 1. The highest BCUT2D eigenvalue weighted by Crippen LogP contribution is 2.40. The highest BCUT2D eigenvalue weighted by atomic mass is 32.1. The van der Waals surface area contributed by atoms with Crippen LogP contribution in [0.1, 0.15) is 48.9 Å². The number of rotatable bonds is 2. The summed E-state index contributed by atoms with van der Waals surface area (Å²) in [5.74, 6) is 0. The van der Waals surface area contributed by atoms with Crippen LogP contribution in [0.15, 0.2) is 6.20 Å². The van der Waals surface area contributed by atoms with E-state index in [1.807, 2.05) is 6.20 Å². The fraction of sp³-hybridized carbons (Fsp3) is 0.727. The van der Waals surface area contributed by atoms with Gasteiger partial charge in [0, 0.05) is 23.0 Å². The van der Waals surface area contributed by atoms with E-state index in [0.29, 0.717) is 12.0 Å². The quantitative estimate of drug-likeness (QED) is 0.815. The zero-order chi connectivity index (χ0) is 10.0. The second-order valence-corrected chi connectivity index (χ2v) is 5.57. The molecule has 0 aromatic carbocycles. The first-order valence-corrected chi connectivity index (χ1v) is 6.21. The summed E-state index contributed by atoms with van der Waals surface area (Å²) >= 11 is 1.80. The van der Waals surface area contributed by atoms with Gasteiger partial charge in [-0.3, -0.25) is 0 Å². The van der Waals surface area contributed by atoms with Gasteiger partial charge in [0.05, 0.1) is 5.01 Å². The third-order valence-corrected chi connectivity index (χ3v) is 4.55. The minimum absolute atomic E-state index is 0.344. The van der Waals surface area contributed by atoms with E-state index >= 15 is 0 Å². The lowest BCUT2D eigenvalue weighted by Gasteiger charge is -2.31. The van der Waals surface area contributed by atoms with Crippen molar-refractivity contribution in [3.63, 3.8) is 0 Å². The van der Waals surface area contributed by atoms with Crippen LogP contribution < -0.4 is 5.73 Å². The van der Waals surface area contributed by atoms with Crippen molar-refractivity contribution in [3.05, 3.63) is 16.1 Å². The number of nitrogens with two attached hydrogens (primary N) is 1. The van der Waals surface area contributed by atoms with Crippen LogP contribution in [-0.2, 0) is 12.0 Å². The fourth-order valence-corrected chi connectivity index (χ4v) is 3.22. The molecule has 78 valence electrons. The molecule has 0 spiro atoms. The third kappa shape index (κ3) is 1.84. The van der Waals surface area contributed by atoms with Crippen LogP contribution in [0.2, 0.25) is 0 Å². The fourth-order valence-electron chi connectivity index (χ4n) is 2.23. The maximum absolute atomic E-state index is 5.61. The second-order valence-electron chi connectivity index (χ2n) is 4.46. The first kappa shape index (κ1) is 10.1. The molecule has 2 N–H and O–H groups in total. The molecule has 0 radical (unpaired) electrons. The van der Waals surface area contributed by atoms with Gasteiger partial charge in [0.1, 0.15) is 0 Å². The zero-order valence-electron chi connectivity index (χ0n) is 8.75. The van der Waals surface area contributed by atoms with Crippen molar-refractivity contribution in [2.24, 2.45) is 5.73 Å². The summed E-state index contributed by atoms with van der Waals surface area (Å²) in [4.78, 5) is 5.74. The Bertz CT molecular complexity index is 300. The van der Waals surface area contributed by atoms with E-state index in [-0.39, 0.29) is 0 Å². The standard InChI is InChI=1S/C11H18N2S/c1-11(5-3-2-4-6-11)10-13-8-9(7-12)14-10/h8H,2-7,12H2,1H3. The minimum Gasteiger partial charge on any atom is -0.326 e. The van der Waals surface area contributed by atoms with Crippen LogP contribution >= 0.6 is 11.3 Å². The van der Waals surface area contributed by atoms with E-state index in [4.69, 9.17) is 5.73 Å². The van der Waals surface area contributed by atoms with E-state index < -0.39 is 0 Å². The van der Waals surface area contributed by atoms with Gasteiger partial charge in [0.25, 0.3) is 0 Å². The Labute approximate surface area is 89.5 Å². The molecule has 1 fully saturated rings. The molecule has 1 aliphatic carbocycles. The molecule has 1 aromatic heterocycles. The smallest absolute Gasteiger partial charge is 0.0987 e. The Balaban J connectivity index is 2.19. The van der Waals surface area contributed by atoms with E-state index in [1.54, 1.807) is 11.3 Å². The van der Waals surface area contributed by atoms with Gasteiger partial charge in [-0.2, -0.15) is 0 Å². The molecule has 1 heterocycles. The predicted octanol–water partition coefficient (Wildman–Crippen LogP) is 2.82. The van der Waals surface area contributed by atoms with Gasteiger partial charge in [0.2, 0.25) is 0 Å². The van der Waals surface area contributed by atoms with E-state index in [2.05, 4.69) is 11.9 Å². The SMILES string of the molecule is CC1(c2ncc(CN)s2)CCCCC1. The third-order valence-electron chi connectivity index (χ3n) is 3.23. The van der Waals surface area contributed by atoms with Gasteiger partial charge in [-0.25, -0.2) is 4.98 Å². The molecule has 14 heavy (non-hydrogen) atoms. The molecule has 0 bridgehead atoms. The first-order valence-electron chi connectivity index (χ1n) is 5.40. The molecular formula is C11H18N2S. The van der Waals surface area contributed by atoms with Crippen molar-refractivity contribution < 1.29 is 0 Å². The summed E-state index contributed by atoms with van der Waals surface area (Å²) in [5.41, 5.74) is 5.95. The highest BCUT2D eigenvalue weighted by molar-refractivity contribution is 7.11. The molecule has 0 unspecified atom stereocenters. The molecular weight excluding hydrogens is 192 g/mol. The summed E-state index contributed by atoms with van der Waals surface area (Å²) in [6.07, 6.45) is 8.64. The van der Waals surface area contributed by atoms with Gasteiger partial charge < -0.3 is 5.73 Å². The van der Waals surface area contributed by atoms with Gasteiger partial charge >= 0.3 is 0 Å². The van der Waals surface area contributed by atoms with Crippen LogP contribution in [0.3, 0.4) is 0 Å². The summed E-state index contributed by atoms with van der Waals surface area (Å²) in [6.45, 7) is 2.99. The molecule has 1 aliphatic rings. The molecule has 3 heteroatoms. The maximum Gasteiger partial charge on any atom is 0.0987 e. The van der Waals surface area contributed by atoms with E-state index in [0.717, 1.165) is 0 Å². The van der Waals surface area contributed by atoms with Crippen LogP contribution in [0.25, 0.3) is 0 Å². The molecule has 2 nitrogen and oxygen atoms in total. The molecule has 0 saturated heterocycles. The van der Waals surface area contributed by atoms with Gasteiger partial charge in [-0.05, 0) is 12.8 Å². The molecule has 0 atom stereocenters. The number of aromatic nitrogens is 1. The minimum atomic E-state index is 0.344. The number of hydrogen-bond donors (Lipinski definition) is 1. The summed E-state index contributed by atoms with van der Waals surface area (Å²) in [5, 5.41) is 1.30. The van der Waals surface area contributed by atoms with Crippen LogP contribution in [0.4, 0.5) is 0 Å². The average Bonchev–Trinajstić information content (AvgIpc) is 2.67. The van der Waals surface area contributed by atoms with Gasteiger partial charge in [0.15, 0.2) is 0 Å². The zero-order valence-corrected chi connectivity index (χ0v) is 9.57. The lowest BCUT2D eigenvalue weighted by Crippen LogP contribution is -2.24. The van der Waals surface area contributed by atoms with E-state index in [1.165, 1.54) is 42.0 Å². The predicted molar refractivity (Wildman–Crippen MR) is 60.4 cm³/mol. The van der Waals surface area contributed by atoms with Crippen LogP contribution in [0.5, 0.6) is 0 Å². The van der Waals surface area contributed by atoms with Crippen LogP contribution in [-0.4, -0.2) is 4.98 Å². The Kier molecular flexibility index (Phi) is 2.88. The summed E-state index contributed by atoms with van der Waals surface area (Å²) in [7, 11) is 0. The summed E-state index contributed by atoms with van der Waals surface area (Å²) in [6, 6.07) is 0. The van der Waals surface area contributed by atoms with Gasteiger partial charge in [-0.15, -0.1) is 11.3 Å². The molecule has 0 amide bonds. The lowest BCUT2D eigenvalue weighted by atomic mass is 9.76. The van der Waals surface area contributed by atoms with Crippen molar-refractivity contribution in [3.8, 4) is 0 Å². The first-order chi connectivity index (χ1) is 6.74. The Morgan fingerprint density at radius 1 is 1.43 bits per heavy atom. The van der Waals surface area contributed by atoms with Crippen LogP contribution in [0, 0.1) is 0 Å². The number of hydrogen-bond acceptors (Lipinski definition) is 3. The average molecular weight is 210 g/mol. The highest BCUT2D eigenvalue weighted by Gasteiger charge is 2.31. The Morgan fingerprint density at radius 2 is 2.14 bits per heavy atom. The second kappa shape index (κ2) is 3.99. The topological polar surface area (TPSA) is 38.9 Å². The Morgan fingerprint density at radius 3 is 2.71 bits per heavy atom. The van der Waals surface area contributed by atoms with E-state index in [9.17, 15) is 0 Å². The number of thiazole rings is 1. The van der Waals surface area contributed by atoms with Crippen molar-refractivity contribution in [2.45, 2.75) is 51.0 Å². The normalized spacial score (nSPS) is 21.0. The lowest BCUT2D eigenvalue weighted by molar-refractivity contribution is 0.318. The summed E-state index contributed by atoms with van der Waals surface area (Å²) < 4.78 is 0.